The minimum Gasteiger partial charge on any atom is -0.469 e. The summed E-state index contributed by atoms with van der Waals surface area (Å²) >= 11 is 3.34. The Morgan fingerprint density at radius 3 is 2.88 bits per heavy atom. The first-order chi connectivity index (χ1) is 8.25. The molecule has 1 N–H and O–H groups in total. The number of carbonyl (C=O) groups excluding carboxylic acids is 1. The molecule has 2 aromatic rings. The number of halogens is 1. The second kappa shape index (κ2) is 5.68. The van der Waals surface area contributed by atoms with Crippen molar-refractivity contribution < 1.29 is 9.21 Å². The van der Waals surface area contributed by atoms with Gasteiger partial charge in [-0.05, 0) is 30.3 Å². The van der Waals surface area contributed by atoms with E-state index >= 15 is 0 Å². The molecule has 0 atom stereocenters. The minimum atomic E-state index is -0.0714. The van der Waals surface area contributed by atoms with Crippen LogP contribution in [0.4, 0.5) is 0 Å². The van der Waals surface area contributed by atoms with E-state index in [-0.39, 0.29) is 5.91 Å². The standard InChI is InChI=1S/C13H12BrNO2/c14-11-4-1-3-10(9-11)13(16)15-7-6-12-5-2-8-17-12/h1-5,8-9H,6-7H2,(H,15,16). The Kier molecular flexibility index (Phi) is 3.98. The van der Waals surface area contributed by atoms with Gasteiger partial charge in [-0.2, -0.15) is 0 Å². The molecule has 1 heterocycles. The van der Waals surface area contributed by atoms with E-state index in [1.165, 1.54) is 0 Å². The number of amides is 1. The van der Waals surface area contributed by atoms with Crippen LogP contribution in [0.15, 0.2) is 51.6 Å². The van der Waals surface area contributed by atoms with Gasteiger partial charge in [-0.15, -0.1) is 0 Å². The zero-order chi connectivity index (χ0) is 12.1. The molecule has 0 aliphatic heterocycles. The predicted octanol–water partition coefficient (Wildman–Crippen LogP) is 3.01. The van der Waals surface area contributed by atoms with Crippen molar-refractivity contribution in [2.24, 2.45) is 0 Å². The van der Waals surface area contributed by atoms with E-state index in [1.807, 2.05) is 24.3 Å². The fourth-order valence-electron chi connectivity index (χ4n) is 1.49. The quantitative estimate of drug-likeness (QED) is 0.942. The zero-order valence-electron chi connectivity index (χ0n) is 9.15. The van der Waals surface area contributed by atoms with Crippen LogP contribution in [0, 0.1) is 0 Å². The SMILES string of the molecule is O=C(NCCc1ccco1)c1cccc(Br)c1. The largest absolute Gasteiger partial charge is 0.469 e. The Hall–Kier alpha value is -1.55. The highest BCUT2D eigenvalue weighted by molar-refractivity contribution is 9.10. The molecule has 0 bridgehead atoms. The fourth-order valence-corrected chi connectivity index (χ4v) is 1.89. The Balaban J connectivity index is 1.85. The van der Waals surface area contributed by atoms with Crippen molar-refractivity contribution >= 4 is 21.8 Å². The second-order valence-corrected chi connectivity index (χ2v) is 4.51. The van der Waals surface area contributed by atoms with Gasteiger partial charge in [-0.3, -0.25) is 4.79 Å². The molecule has 0 fully saturated rings. The summed E-state index contributed by atoms with van der Waals surface area (Å²) in [6.07, 6.45) is 2.33. The van der Waals surface area contributed by atoms with E-state index in [0.717, 1.165) is 10.2 Å². The van der Waals surface area contributed by atoms with Crippen molar-refractivity contribution in [2.75, 3.05) is 6.54 Å². The zero-order valence-corrected chi connectivity index (χ0v) is 10.7. The van der Waals surface area contributed by atoms with Crippen molar-refractivity contribution in [3.05, 3.63) is 58.5 Å². The van der Waals surface area contributed by atoms with Gasteiger partial charge in [0.2, 0.25) is 0 Å². The van der Waals surface area contributed by atoms with Crippen LogP contribution in [-0.2, 0) is 6.42 Å². The Morgan fingerprint density at radius 1 is 1.29 bits per heavy atom. The van der Waals surface area contributed by atoms with Gasteiger partial charge in [0.25, 0.3) is 5.91 Å². The number of nitrogens with one attached hydrogen (secondary N) is 1. The first kappa shape index (κ1) is 11.9. The van der Waals surface area contributed by atoms with Gasteiger partial charge < -0.3 is 9.73 Å². The third-order valence-corrected chi connectivity index (χ3v) is 2.82. The summed E-state index contributed by atoms with van der Waals surface area (Å²) in [5.74, 6) is 0.803. The third kappa shape index (κ3) is 3.46. The van der Waals surface area contributed by atoms with Crippen LogP contribution in [0.1, 0.15) is 16.1 Å². The number of hydrogen-bond donors (Lipinski definition) is 1. The highest BCUT2D eigenvalue weighted by Crippen LogP contribution is 2.11. The van der Waals surface area contributed by atoms with E-state index in [0.29, 0.717) is 18.5 Å². The van der Waals surface area contributed by atoms with E-state index in [4.69, 9.17) is 4.42 Å². The molecule has 1 amide bonds. The normalized spacial score (nSPS) is 10.2. The lowest BCUT2D eigenvalue weighted by Crippen LogP contribution is -2.25. The summed E-state index contributed by atoms with van der Waals surface area (Å²) in [6.45, 7) is 0.568. The fraction of sp³-hybridized carbons (Fsp3) is 0.154. The predicted molar refractivity (Wildman–Crippen MR) is 68.9 cm³/mol. The molecule has 4 heteroatoms. The minimum absolute atomic E-state index is 0.0714. The molecular weight excluding hydrogens is 282 g/mol. The summed E-state index contributed by atoms with van der Waals surface area (Å²) in [7, 11) is 0. The molecule has 2 rings (SSSR count). The van der Waals surface area contributed by atoms with Crippen LogP contribution >= 0.6 is 15.9 Å². The first-order valence-electron chi connectivity index (χ1n) is 5.32. The maximum absolute atomic E-state index is 11.8. The van der Waals surface area contributed by atoms with E-state index in [9.17, 15) is 4.79 Å². The van der Waals surface area contributed by atoms with Crippen LogP contribution in [0.5, 0.6) is 0 Å². The van der Waals surface area contributed by atoms with E-state index in [2.05, 4.69) is 21.2 Å². The number of hydrogen-bond acceptors (Lipinski definition) is 2. The molecule has 0 saturated carbocycles. The molecule has 88 valence electrons. The van der Waals surface area contributed by atoms with Gasteiger partial charge in [-0.25, -0.2) is 0 Å². The molecule has 17 heavy (non-hydrogen) atoms. The summed E-state index contributed by atoms with van der Waals surface area (Å²) in [4.78, 5) is 11.8. The van der Waals surface area contributed by atoms with E-state index in [1.54, 1.807) is 18.4 Å². The number of furan rings is 1. The summed E-state index contributed by atoms with van der Waals surface area (Å²) in [5, 5.41) is 2.84. The molecule has 3 nitrogen and oxygen atoms in total. The molecule has 0 spiro atoms. The molecule has 0 aliphatic carbocycles. The highest BCUT2D eigenvalue weighted by atomic mass is 79.9. The van der Waals surface area contributed by atoms with Gasteiger partial charge in [0.15, 0.2) is 0 Å². The monoisotopic (exact) mass is 293 g/mol. The number of rotatable bonds is 4. The van der Waals surface area contributed by atoms with Gasteiger partial charge in [0, 0.05) is 23.0 Å². The molecule has 0 unspecified atom stereocenters. The lowest BCUT2D eigenvalue weighted by Gasteiger charge is -2.04. The van der Waals surface area contributed by atoms with Gasteiger partial charge in [-0.1, -0.05) is 22.0 Å². The average Bonchev–Trinajstić information content (AvgIpc) is 2.82. The van der Waals surface area contributed by atoms with Crippen LogP contribution < -0.4 is 5.32 Å². The van der Waals surface area contributed by atoms with Gasteiger partial charge >= 0.3 is 0 Å². The third-order valence-electron chi connectivity index (χ3n) is 2.32. The highest BCUT2D eigenvalue weighted by Gasteiger charge is 2.05. The van der Waals surface area contributed by atoms with Crippen LogP contribution in [0.3, 0.4) is 0 Å². The van der Waals surface area contributed by atoms with Crippen LogP contribution in [-0.4, -0.2) is 12.5 Å². The number of benzene rings is 1. The summed E-state index contributed by atoms with van der Waals surface area (Å²) < 4.78 is 6.08. The smallest absolute Gasteiger partial charge is 0.251 e. The van der Waals surface area contributed by atoms with Crippen molar-refractivity contribution in [3.63, 3.8) is 0 Å². The Labute approximate surface area is 108 Å². The lowest BCUT2D eigenvalue weighted by atomic mass is 10.2. The molecule has 1 aromatic carbocycles. The second-order valence-electron chi connectivity index (χ2n) is 3.60. The van der Waals surface area contributed by atoms with Crippen molar-refractivity contribution in [1.82, 2.24) is 5.32 Å². The first-order valence-corrected chi connectivity index (χ1v) is 6.11. The maximum Gasteiger partial charge on any atom is 0.251 e. The Bertz CT molecular complexity index is 494. The van der Waals surface area contributed by atoms with Crippen LogP contribution in [0.25, 0.3) is 0 Å². The molecule has 1 aromatic heterocycles. The molecule has 0 aliphatic rings. The van der Waals surface area contributed by atoms with Crippen molar-refractivity contribution in [1.29, 1.82) is 0 Å². The van der Waals surface area contributed by atoms with E-state index < -0.39 is 0 Å². The summed E-state index contributed by atoms with van der Waals surface area (Å²) in [6, 6.07) is 11.0. The maximum atomic E-state index is 11.8. The van der Waals surface area contributed by atoms with Crippen molar-refractivity contribution in [3.8, 4) is 0 Å². The summed E-state index contributed by atoms with van der Waals surface area (Å²) in [5.41, 5.74) is 0.652. The molecular formula is C13H12BrNO2. The number of carbonyl (C=O) groups is 1. The van der Waals surface area contributed by atoms with Gasteiger partial charge in [0.1, 0.15) is 5.76 Å². The molecule has 0 saturated heterocycles. The lowest BCUT2D eigenvalue weighted by molar-refractivity contribution is 0.0953. The average molecular weight is 294 g/mol. The van der Waals surface area contributed by atoms with Gasteiger partial charge in [0.05, 0.1) is 6.26 Å². The molecule has 0 radical (unpaired) electrons. The Morgan fingerprint density at radius 2 is 2.18 bits per heavy atom. The topological polar surface area (TPSA) is 42.2 Å². The van der Waals surface area contributed by atoms with Crippen molar-refractivity contribution in [2.45, 2.75) is 6.42 Å². The van der Waals surface area contributed by atoms with Crippen LogP contribution in [0.2, 0.25) is 0 Å².